The summed E-state index contributed by atoms with van der Waals surface area (Å²) >= 11 is 0. The van der Waals surface area contributed by atoms with Crippen LogP contribution >= 0.6 is 0 Å². The van der Waals surface area contributed by atoms with Gasteiger partial charge in [-0.05, 0) is 80.3 Å². The van der Waals surface area contributed by atoms with Crippen LogP contribution in [0.25, 0.3) is 0 Å². The van der Waals surface area contributed by atoms with Crippen molar-refractivity contribution in [2.24, 2.45) is 0 Å². The predicted molar refractivity (Wildman–Crippen MR) is 117 cm³/mol. The van der Waals surface area contributed by atoms with Crippen molar-refractivity contribution in [2.75, 3.05) is 4.72 Å². The number of aryl methyl sites for hydroxylation is 1. The Labute approximate surface area is 177 Å². The minimum absolute atomic E-state index is 0.226. The molecule has 6 heteroatoms. The van der Waals surface area contributed by atoms with Crippen molar-refractivity contribution in [3.8, 4) is 11.5 Å². The first-order chi connectivity index (χ1) is 14.3. The lowest BCUT2D eigenvalue weighted by molar-refractivity contribution is 0.0845. The summed E-state index contributed by atoms with van der Waals surface area (Å²) in [4.78, 5) is 0.231. The molecule has 0 radical (unpaired) electrons. The third kappa shape index (κ3) is 4.76. The molecule has 0 spiro atoms. The van der Waals surface area contributed by atoms with Crippen LogP contribution in [0.5, 0.6) is 11.5 Å². The molecule has 1 aliphatic rings. The van der Waals surface area contributed by atoms with Gasteiger partial charge in [0.2, 0.25) is 0 Å². The van der Waals surface area contributed by atoms with Gasteiger partial charge in [0.1, 0.15) is 23.7 Å². The molecule has 1 heterocycles. The van der Waals surface area contributed by atoms with Crippen LogP contribution in [0, 0.1) is 0 Å². The fourth-order valence-electron chi connectivity index (χ4n) is 3.38. The molecule has 1 aliphatic heterocycles. The maximum atomic E-state index is 12.8. The SMILES string of the molecule is CC1(C)CCc2cc(S(=O)(=O)Nc3ccc(OCc4ccccc4)cc3)ccc2O1. The van der Waals surface area contributed by atoms with Gasteiger partial charge < -0.3 is 9.47 Å². The van der Waals surface area contributed by atoms with Gasteiger partial charge in [-0.3, -0.25) is 4.72 Å². The van der Waals surface area contributed by atoms with E-state index in [4.69, 9.17) is 9.47 Å². The van der Waals surface area contributed by atoms with Crippen molar-refractivity contribution in [2.45, 2.75) is 43.8 Å². The van der Waals surface area contributed by atoms with Gasteiger partial charge in [-0.1, -0.05) is 30.3 Å². The topological polar surface area (TPSA) is 64.6 Å². The zero-order valence-electron chi connectivity index (χ0n) is 17.1. The Kier molecular flexibility index (Phi) is 5.43. The van der Waals surface area contributed by atoms with E-state index >= 15 is 0 Å². The van der Waals surface area contributed by atoms with Crippen LogP contribution in [0.4, 0.5) is 5.69 Å². The Balaban J connectivity index is 1.43. The molecule has 0 unspecified atom stereocenters. The quantitative estimate of drug-likeness (QED) is 0.594. The second-order valence-electron chi connectivity index (χ2n) is 8.04. The standard InChI is InChI=1S/C24H25NO4S/c1-24(2)15-14-19-16-22(12-13-23(19)29-24)30(26,27)25-20-8-10-21(11-9-20)28-17-18-6-4-3-5-7-18/h3-13,16,25H,14-15,17H2,1-2H3. The van der Waals surface area contributed by atoms with Gasteiger partial charge in [-0.25, -0.2) is 8.42 Å². The summed E-state index contributed by atoms with van der Waals surface area (Å²) in [6, 6.07) is 21.8. The molecule has 3 aromatic rings. The van der Waals surface area contributed by atoms with Gasteiger partial charge in [-0.2, -0.15) is 0 Å². The van der Waals surface area contributed by atoms with E-state index < -0.39 is 10.0 Å². The number of benzene rings is 3. The first-order valence-electron chi connectivity index (χ1n) is 9.92. The molecular weight excluding hydrogens is 398 g/mol. The van der Waals surface area contributed by atoms with Gasteiger partial charge in [0.05, 0.1) is 4.90 Å². The van der Waals surface area contributed by atoms with Crippen LogP contribution in [0.2, 0.25) is 0 Å². The molecule has 0 saturated carbocycles. The summed E-state index contributed by atoms with van der Waals surface area (Å²) < 4.78 is 40.0. The fourth-order valence-corrected chi connectivity index (χ4v) is 4.49. The molecule has 0 saturated heterocycles. The van der Waals surface area contributed by atoms with Crippen molar-refractivity contribution in [1.29, 1.82) is 0 Å². The van der Waals surface area contributed by atoms with Gasteiger partial charge in [0, 0.05) is 5.69 Å². The molecule has 0 amide bonds. The van der Waals surface area contributed by atoms with E-state index in [2.05, 4.69) is 4.72 Å². The molecule has 1 N–H and O–H groups in total. The lowest BCUT2D eigenvalue weighted by atomic mass is 9.94. The average molecular weight is 424 g/mol. The summed E-state index contributed by atoms with van der Waals surface area (Å²) in [6.45, 7) is 4.53. The molecule has 156 valence electrons. The summed E-state index contributed by atoms with van der Waals surface area (Å²) in [5.74, 6) is 1.43. The van der Waals surface area contributed by atoms with Gasteiger partial charge >= 0.3 is 0 Å². The molecule has 3 aromatic carbocycles. The van der Waals surface area contributed by atoms with Crippen molar-refractivity contribution in [1.82, 2.24) is 0 Å². The summed E-state index contributed by atoms with van der Waals surface area (Å²) in [7, 11) is -3.69. The third-order valence-corrected chi connectivity index (χ3v) is 6.46. The number of rotatable bonds is 6. The molecule has 5 nitrogen and oxygen atoms in total. The van der Waals surface area contributed by atoms with Crippen LogP contribution in [-0.2, 0) is 23.1 Å². The van der Waals surface area contributed by atoms with E-state index in [0.717, 1.165) is 29.7 Å². The van der Waals surface area contributed by atoms with E-state index in [1.165, 1.54) is 0 Å². The lowest BCUT2D eigenvalue weighted by Crippen LogP contribution is -2.32. The monoisotopic (exact) mass is 423 g/mol. The lowest BCUT2D eigenvalue weighted by Gasteiger charge is -2.32. The normalized spacial score (nSPS) is 15.0. The first-order valence-corrected chi connectivity index (χ1v) is 11.4. The van der Waals surface area contributed by atoms with E-state index in [1.54, 1.807) is 42.5 Å². The molecule has 0 aliphatic carbocycles. The van der Waals surface area contributed by atoms with Crippen LogP contribution in [0.3, 0.4) is 0 Å². The number of ether oxygens (including phenoxy) is 2. The van der Waals surface area contributed by atoms with Crippen molar-refractivity contribution in [3.63, 3.8) is 0 Å². The number of anilines is 1. The first kappa shape index (κ1) is 20.3. The van der Waals surface area contributed by atoms with Gasteiger partial charge in [0.15, 0.2) is 0 Å². The summed E-state index contributed by atoms with van der Waals surface area (Å²) in [6.07, 6.45) is 1.64. The van der Waals surface area contributed by atoms with Crippen LogP contribution in [0.15, 0.2) is 77.7 Å². The van der Waals surface area contributed by atoms with Crippen LogP contribution < -0.4 is 14.2 Å². The molecule has 0 aromatic heterocycles. The Hall–Kier alpha value is -2.99. The highest BCUT2D eigenvalue weighted by Crippen LogP contribution is 2.34. The number of sulfonamides is 1. The number of hydrogen-bond donors (Lipinski definition) is 1. The smallest absolute Gasteiger partial charge is 0.261 e. The Morgan fingerprint density at radius 3 is 2.47 bits per heavy atom. The Bertz CT molecular complexity index is 1120. The Morgan fingerprint density at radius 1 is 1.00 bits per heavy atom. The molecule has 0 bridgehead atoms. The van der Waals surface area contributed by atoms with Crippen molar-refractivity contribution < 1.29 is 17.9 Å². The molecule has 4 rings (SSSR count). The molecule has 30 heavy (non-hydrogen) atoms. The van der Waals surface area contributed by atoms with Crippen LogP contribution in [-0.4, -0.2) is 14.0 Å². The zero-order chi connectivity index (χ0) is 21.2. The van der Waals surface area contributed by atoms with E-state index in [1.807, 2.05) is 44.2 Å². The molecule has 0 fully saturated rings. The fraction of sp³-hybridized carbons (Fsp3) is 0.250. The van der Waals surface area contributed by atoms with Crippen molar-refractivity contribution >= 4 is 15.7 Å². The highest BCUT2D eigenvalue weighted by molar-refractivity contribution is 7.92. The average Bonchev–Trinajstić information content (AvgIpc) is 2.73. The van der Waals surface area contributed by atoms with Crippen molar-refractivity contribution in [3.05, 3.63) is 83.9 Å². The van der Waals surface area contributed by atoms with Crippen LogP contribution in [0.1, 0.15) is 31.4 Å². The van der Waals surface area contributed by atoms with E-state index in [0.29, 0.717) is 18.0 Å². The maximum Gasteiger partial charge on any atom is 0.261 e. The van der Waals surface area contributed by atoms with Gasteiger partial charge in [0.25, 0.3) is 10.0 Å². The van der Waals surface area contributed by atoms with E-state index in [9.17, 15) is 8.42 Å². The molecular formula is C24H25NO4S. The number of fused-ring (bicyclic) bond motifs is 1. The second-order valence-corrected chi connectivity index (χ2v) is 9.72. The largest absolute Gasteiger partial charge is 0.489 e. The predicted octanol–water partition coefficient (Wildman–Crippen LogP) is 5.17. The van der Waals surface area contributed by atoms with Gasteiger partial charge in [-0.15, -0.1) is 0 Å². The third-order valence-electron chi connectivity index (χ3n) is 5.08. The summed E-state index contributed by atoms with van der Waals surface area (Å²) in [5, 5.41) is 0. The number of hydrogen-bond acceptors (Lipinski definition) is 4. The number of nitrogens with one attached hydrogen (secondary N) is 1. The highest BCUT2D eigenvalue weighted by Gasteiger charge is 2.27. The van der Waals surface area contributed by atoms with E-state index in [-0.39, 0.29) is 10.5 Å². The zero-order valence-corrected chi connectivity index (χ0v) is 17.9. The molecule has 0 atom stereocenters. The minimum Gasteiger partial charge on any atom is -0.489 e. The Morgan fingerprint density at radius 2 is 1.73 bits per heavy atom. The highest BCUT2D eigenvalue weighted by atomic mass is 32.2. The maximum absolute atomic E-state index is 12.8. The summed E-state index contributed by atoms with van der Waals surface area (Å²) in [5.41, 5.74) is 2.25. The minimum atomic E-state index is -3.69. The second kappa shape index (κ2) is 8.03.